The lowest BCUT2D eigenvalue weighted by atomic mass is 10.2. The molecule has 0 bridgehead atoms. The van der Waals surface area contributed by atoms with E-state index in [0.29, 0.717) is 12.2 Å². The number of benzene rings is 2. The van der Waals surface area contributed by atoms with Gasteiger partial charge in [-0.15, -0.1) is 0 Å². The summed E-state index contributed by atoms with van der Waals surface area (Å²) < 4.78 is 0. The molecule has 1 saturated heterocycles. The second-order valence-electron chi connectivity index (χ2n) is 6.47. The molecule has 0 spiro atoms. The zero-order valence-corrected chi connectivity index (χ0v) is 14.6. The highest BCUT2D eigenvalue weighted by Gasteiger charge is 2.19. The third-order valence-corrected chi connectivity index (χ3v) is 4.47. The van der Waals surface area contributed by atoms with Crippen molar-refractivity contribution in [2.75, 3.05) is 38.0 Å². The van der Waals surface area contributed by atoms with Crippen molar-refractivity contribution >= 4 is 17.6 Å². The Morgan fingerprint density at radius 2 is 1.62 bits per heavy atom. The molecule has 0 radical (unpaired) electrons. The van der Waals surface area contributed by atoms with Gasteiger partial charge in [0.2, 0.25) is 5.91 Å². The molecule has 0 aliphatic carbocycles. The predicted molar refractivity (Wildman–Crippen MR) is 100 cm³/mol. The lowest BCUT2D eigenvalue weighted by Crippen LogP contribution is -2.48. The van der Waals surface area contributed by atoms with Crippen LogP contribution in [0.15, 0.2) is 54.6 Å². The molecule has 1 aliphatic rings. The molecule has 0 atom stereocenters. The third-order valence-electron chi connectivity index (χ3n) is 4.47. The quantitative estimate of drug-likeness (QED) is 0.832. The molecule has 2 N–H and O–H groups in total. The van der Waals surface area contributed by atoms with Crippen molar-refractivity contribution in [1.29, 1.82) is 0 Å². The Morgan fingerprint density at radius 1 is 0.923 bits per heavy atom. The van der Waals surface area contributed by atoms with Gasteiger partial charge in [-0.1, -0.05) is 36.4 Å². The topological polar surface area (TPSA) is 72.9 Å². The normalized spacial score (nSPS) is 15.5. The molecular weight excluding hydrogens is 330 g/mol. The van der Waals surface area contributed by atoms with Crippen molar-refractivity contribution in [2.45, 2.75) is 6.54 Å². The first kappa shape index (κ1) is 18.1. The zero-order chi connectivity index (χ0) is 18.4. The van der Waals surface area contributed by atoms with Gasteiger partial charge in [-0.2, -0.15) is 0 Å². The molecule has 26 heavy (non-hydrogen) atoms. The Kier molecular flexibility index (Phi) is 5.99. The Bertz CT molecular complexity index is 756. The Labute approximate surface area is 153 Å². The lowest BCUT2D eigenvalue weighted by molar-refractivity contribution is -0.117. The summed E-state index contributed by atoms with van der Waals surface area (Å²) in [7, 11) is 0. The van der Waals surface area contributed by atoms with E-state index in [0.717, 1.165) is 32.7 Å². The number of carboxylic acids is 1. The molecule has 2 aromatic carbocycles. The fourth-order valence-electron chi connectivity index (χ4n) is 3.08. The molecular formula is C20H23N3O3. The highest BCUT2D eigenvalue weighted by atomic mass is 16.4. The van der Waals surface area contributed by atoms with Gasteiger partial charge in [0, 0.05) is 38.4 Å². The molecule has 1 fully saturated rings. The van der Waals surface area contributed by atoms with E-state index in [1.54, 1.807) is 12.1 Å². The number of carboxylic acid groups (broad SMARTS) is 1. The summed E-state index contributed by atoms with van der Waals surface area (Å²) in [6, 6.07) is 16.7. The maximum absolute atomic E-state index is 12.2. The molecule has 136 valence electrons. The third kappa shape index (κ3) is 5.15. The summed E-state index contributed by atoms with van der Waals surface area (Å²) in [5.74, 6) is -1.13. The predicted octanol–water partition coefficient (Wildman–Crippen LogP) is 2.14. The van der Waals surface area contributed by atoms with Gasteiger partial charge < -0.3 is 10.4 Å². The van der Waals surface area contributed by atoms with E-state index in [9.17, 15) is 9.59 Å². The molecule has 0 aromatic heterocycles. The fraction of sp³-hybridized carbons (Fsp3) is 0.300. The minimum atomic E-state index is -1.00. The van der Waals surface area contributed by atoms with Crippen LogP contribution in [0, 0.1) is 0 Å². The van der Waals surface area contributed by atoms with Gasteiger partial charge in [0.05, 0.1) is 12.1 Å². The summed E-state index contributed by atoms with van der Waals surface area (Å²) in [5, 5.41) is 11.8. The first-order valence-corrected chi connectivity index (χ1v) is 8.72. The monoisotopic (exact) mass is 353 g/mol. The van der Waals surface area contributed by atoms with Gasteiger partial charge in [-0.25, -0.2) is 4.79 Å². The van der Waals surface area contributed by atoms with E-state index in [1.807, 2.05) is 6.07 Å². The van der Waals surface area contributed by atoms with Crippen molar-refractivity contribution in [3.63, 3.8) is 0 Å². The van der Waals surface area contributed by atoms with Crippen molar-refractivity contribution in [3.8, 4) is 0 Å². The number of anilines is 1. The molecule has 6 heteroatoms. The number of amides is 1. The van der Waals surface area contributed by atoms with Gasteiger partial charge in [-0.05, 0) is 23.8 Å². The number of hydrogen-bond acceptors (Lipinski definition) is 4. The smallest absolute Gasteiger partial charge is 0.335 e. The largest absolute Gasteiger partial charge is 0.478 e. The maximum Gasteiger partial charge on any atom is 0.335 e. The van der Waals surface area contributed by atoms with Crippen molar-refractivity contribution in [2.24, 2.45) is 0 Å². The van der Waals surface area contributed by atoms with E-state index in [2.05, 4.69) is 39.4 Å². The summed E-state index contributed by atoms with van der Waals surface area (Å²) in [6.45, 7) is 4.79. The minimum absolute atomic E-state index is 0.121. The Balaban J connectivity index is 1.45. The molecule has 2 aromatic rings. The average molecular weight is 353 g/mol. The maximum atomic E-state index is 12.2. The van der Waals surface area contributed by atoms with Crippen LogP contribution in [0.5, 0.6) is 0 Å². The van der Waals surface area contributed by atoms with E-state index in [-0.39, 0.29) is 11.5 Å². The zero-order valence-electron chi connectivity index (χ0n) is 14.6. The summed E-state index contributed by atoms with van der Waals surface area (Å²) in [5.41, 5.74) is 1.98. The van der Waals surface area contributed by atoms with Gasteiger partial charge in [-0.3, -0.25) is 14.6 Å². The van der Waals surface area contributed by atoms with Crippen LogP contribution in [0.2, 0.25) is 0 Å². The highest BCUT2D eigenvalue weighted by molar-refractivity contribution is 5.94. The van der Waals surface area contributed by atoms with E-state index in [4.69, 9.17) is 5.11 Å². The number of aromatic carboxylic acids is 1. The van der Waals surface area contributed by atoms with Crippen molar-refractivity contribution < 1.29 is 14.7 Å². The van der Waals surface area contributed by atoms with Crippen molar-refractivity contribution in [3.05, 3.63) is 65.7 Å². The van der Waals surface area contributed by atoms with Gasteiger partial charge in [0.25, 0.3) is 0 Å². The Morgan fingerprint density at radius 3 is 2.31 bits per heavy atom. The van der Waals surface area contributed by atoms with Crippen LogP contribution in [0.1, 0.15) is 15.9 Å². The van der Waals surface area contributed by atoms with Gasteiger partial charge in [0.1, 0.15) is 0 Å². The van der Waals surface area contributed by atoms with Crippen LogP contribution in [-0.2, 0) is 11.3 Å². The van der Waals surface area contributed by atoms with Crippen LogP contribution >= 0.6 is 0 Å². The Hall–Kier alpha value is -2.70. The standard InChI is InChI=1S/C20H23N3O3/c24-19(21-18-8-4-7-17(13-18)20(25)26)15-23-11-9-22(10-12-23)14-16-5-2-1-3-6-16/h1-8,13H,9-12,14-15H2,(H,21,24)(H,25,26). The van der Waals surface area contributed by atoms with Crippen LogP contribution in [0.3, 0.4) is 0 Å². The molecule has 0 unspecified atom stereocenters. The number of hydrogen-bond donors (Lipinski definition) is 2. The molecule has 1 amide bonds. The summed E-state index contributed by atoms with van der Waals surface area (Å²) >= 11 is 0. The van der Waals surface area contributed by atoms with Crippen LogP contribution in [-0.4, -0.2) is 59.5 Å². The first-order valence-electron chi connectivity index (χ1n) is 8.72. The second-order valence-corrected chi connectivity index (χ2v) is 6.47. The summed E-state index contributed by atoms with van der Waals surface area (Å²) in [4.78, 5) is 27.7. The van der Waals surface area contributed by atoms with Crippen LogP contribution in [0.4, 0.5) is 5.69 Å². The van der Waals surface area contributed by atoms with Gasteiger partial charge in [0.15, 0.2) is 0 Å². The molecule has 3 rings (SSSR count). The minimum Gasteiger partial charge on any atom is -0.478 e. The van der Waals surface area contributed by atoms with Crippen LogP contribution < -0.4 is 5.32 Å². The number of nitrogens with one attached hydrogen (secondary N) is 1. The number of carbonyl (C=O) groups is 2. The number of piperazine rings is 1. The van der Waals surface area contributed by atoms with Crippen LogP contribution in [0.25, 0.3) is 0 Å². The molecule has 6 nitrogen and oxygen atoms in total. The van der Waals surface area contributed by atoms with E-state index in [1.165, 1.54) is 17.7 Å². The van der Waals surface area contributed by atoms with E-state index >= 15 is 0 Å². The lowest BCUT2D eigenvalue weighted by Gasteiger charge is -2.34. The molecule has 0 saturated carbocycles. The second kappa shape index (κ2) is 8.60. The molecule has 1 aliphatic heterocycles. The molecule has 1 heterocycles. The fourth-order valence-corrected chi connectivity index (χ4v) is 3.08. The number of rotatable bonds is 6. The number of nitrogens with zero attached hydrogens (tertiary/aromatic N) is 2. The van der Waals surface area contributed by atoms with Gasteiger partial charge >= 0.3 is 5.97 Å². The SMILES string of the molecule is O=C(CN1CCN(Cc2ccccc2)CC1)Nc1cccc(C(=O)O)c1. The number of carbonyl (C=O) groups excluding carboxylic acids is 1. The summed E-state index contributed by atoms with van der Waals surface area (Å²) in [6.07, 6.45) is 0. The van der Waals surface area contributed by atoms with Crippen molar-refractivity contribution in [1.82, 2.24) is 9.80 Å². The average Bonchev–Trinajstić information content (AvgIpc) is 2.64. The van der Waals surface area contributed by atoms with E-state index < -0.39 is 5.97 Å². The first-order chi connectivity index (χ1) is 12.6. The highest BCUT2D eigenvalue weighted by Crippen LogP contribution is 2.12.